The average Bonchev–Trinajstić information content (AvgIpc) is 2.82. The molecule has 2 aromatic rings. The quantitative estimate of drug-likeness (QED) is 0.832. The third-order valence-corrected chi connectivity index (χ3v) is 4.41. The lowest BCUT2D eigenvalue weighted by molar-refractivity contribution is 0.460. The second kappa shape index (κ2) is 7.01. The Morgan fingerprint density at radius 1 is 1.14 bits per heavy atom. The van der Waals surface area contributed by atoms with Gasteiger partial charge in [-0.25, -0.2) is 0 Å². The molecule has 0 amide bonds. The summed E-state index contributed by atoms with van der Waals surface area (Å²) < 4.78 is 1.95. The molecule has 0 aliphatic rings. The fourth-order valence-electron chi connectivity index (χ4n) is 2.33. The lowest BCUT2D eigenvalue weighted by Crippen LogP contribution is -2.23. The Morgan fingerprint density at radius 3 is 2.43 bits per heavy atom. The van der Waals surface area contributed by atoms with Crippen LogP contribution in [0.1, 0.15) is 37.2 Å². The van der Waals surface area contributed by atoms with E-state index in [-0.39, 0.29) is 12.1 Å². The first-order valence-corrected chi connectivity index (χ1v) is 7.91. The predicted octanol–water partition coefficient (Wildman–Crippen LogP) is 4.93. The highest BCUT2D eigenvalue weighted by atomic mass is 35.5. The summed E-state index contributed by atoms with van der Waals surface area (Å²) >= 11 is 18.4. The number of halogens is 3. The molecule has 0 fully saturated rings. The summed E-state index contributed by atoms with van der Waals surface area (Å²) in [6.45, 7) is 4.16. The maximum Gasteiger partial charge on any atom is 0.0834 e. The molecule has 1 atom stereocenters. The van der Waals surface area contributed by atoms with Crippen molar-refractivity contribution in [2.45, 2.75) is 32.4 Å². The summed E-state index contributed by atoms with van der Waals surface area (Å²) in [5, 5.41) is 9.45. The first kappa shape index (κ1) is 16.6. The molecular weight excluding hydrogens is 329 g/mol. The molecule has 2 rings (SSSR count). The molecule has 0 bridgehead atoms. The molecule has 0 aliphatic heterocycles. The minimum absolute atomic E-state index is 0.0552. The number of hydrogen-bond acceptors (Lipinski definition) is 2. The number of rotatable bonds is 5. The first-order chi connectivity index (χ1) is 9.93. The van der Waals surface area contributed by atoms with Crippen molar-refractivity contribution >= 4 is 34.8 Å². The Labute approximate surface area is 140 Å². The Balaban J connectivity index is 2.32. The van der Waals surface area contributed by atoms with Crippen molar-refractivity contribution in [3.63, 3.8) is 0 Å². The van der Waals surface area contributed by atoms with E-state index in [9.17, 15) is 0 Å². The van der Waals surface area contributed by atoms with Gasteiger partial charge in [0.2, 0.25) is 0 Å². The SMILES string of the molecule is CNC(Cc1ccc(Cl)c(Cl)c1)c1c(Cl)cnn1C(C)C. The van der Waals surface area contributed by atoms with Gasteiger partial charge in [-0.05, 0) is 45.0 Å². The number of aromatic nitrogens is 2. The molecule has 1 aromatic carbocycles. The van der Waals surface area contributed by atoms with E-state index >= 15 is 0 Å². The molecule has 3 nitrogen and oxygen atoms in total. The van der Waals surface area contributed by atoms with Crippen LogP contribution in [0.5, 0.6) is 0 Å². The number of likely N-dealkylation sites (N-methyl/N-ethyl adjacent to an activating group) is 1. The number of hydrogen-bond donors (Lipinski definition) is 1. The van der Waals surface area contributed by atoms with Gasteiger partial charge in [0.05, 0.1) is 33.0 Å². The highest BCUT2D eigenvalue weighted by molar-refractivity contribution is 6.42. The van der Waals surface area contributed by atoms with E-state index in [4.69, 9.17) is 34.8 Å². The van der Waals surface area contributed by atoms with Crippen LogP contribution in [0.25, 0.3) is 0 Å². The van der Waals surface area contributed by atoms with Crippen LogP contribution in [-0.2, 0) is 6.42 Å². The van der Waals surface area contributed by atoms with Crippen LogP contribution in [0.4, 0.5) is 0 Å². The summed E-state index contributed by atoms with van der Waals surface area (Å²) in [6.07, 6.45) is 2.45. The molecule has 0 saturated carbocycles. The van der Waals surface area contributed by atoms with Crippen molar-refractivity contribution in [3.8, 4) is 0 Å². The zero-order chi connectivity index (χ0) is 15.6. The summed E-state index contributed by atoms with van der Waals surface area (Å²) in [7, 11) is 1.91. The lowest BCUT2D eigenvalue weighted by Gasteiger charge is -2.21. The molecule has 0 saturated heterocycles. The molecule has 0 aliphatic carbocycles. The van der Waals surface area contributed by atoms with E-state index in [0.717, 1.165) is 17.7 Å². The molecule has 1 N–H and O–H groups in total. The van der Waals surface area contributed by atoms with Crippen molar-refractivity contribution < 1.29 is 0 Å². The van der Waals surface area contributed by atoms with E-state index < -0.39 is 0 Å². The summed E-state index contributed by atoms with van der Waals surface area (Å²) in [5.41, 5.74) is 2.08. The largest absolute Gasteiger partial charge is 0.311 e. The Morgan fingerprint density at radius 2 is 1.86 bits per heavy atom. The third kappa shape index (κ3) is 3.72. The smallest absolute Gasteiger partial charge is 0.0834 e. The van der Waals surface area contributed by atoms with Crippen LogP contribution in [-0.4, -0.2) is 16.8 Å². The Hall–Kier alpha value is -0.740. The Kier molecular flexibility index (Phi) is 5.55. The van der Waals surface area contributed by atoms with Gasteiger partial charge in [-0.1, -0.05) is 40.9 Å². The predicted molar refractivity (Wildman–Crippen MR) is 89.6 cm³/mol. The minimum atomic E-state index is 0.0552. The van der Waals surface area contributed by atoms with Crippen LogP contribution < -0.4 is 5.32 Å². The van der Waals surface area contributed by atoms with Crippen molar-refractivity contribution in [1.29, 1.82) is 0 Å². The van der Waals surface area contributed by atoms with Crippen LogP contribution >= 0.6 is 34.8 Å². The van der Waals surface area contributed by atoms with Crippen LogP contribution in [0.2, 0.25) is 15.1 Å². The highest BCUT2D eigenvalue weighted by Gasteiger charge is 2.21. The number of benzene rings is 1. The average molecular weight is 347 g/mol. The van der Waals surface area contributed by atoms with Gasteiger partial charge in [-0.15, -0.1) is 0 Å². The molecular formula is C15H18Cl3N3. The van der Waals surface area contributed by atoms with E-state index in [1.165, 1.54) is 0 Å². The van der Waals surface area contributed by atoms with E-state index in [1.54, 1.807) is 6.20 Å². The summed E-state index contributed by atoms with van der Waals surface area (Å²) in [4.78, 5) is 0. The monoisotopic (exact) mass is 345 g/mol. The zero-order valence-electron chi connectivity index (χ0n) is 12.2. The Bertz CT molecular complexity index is 623. The third-order valence-electron chi connectivity index (χ3n) is 3.38. The van der Waals surface area contributed by atoms with Gasteiger partial charge in [-0.2, -0.15) is 5.10 Å². The van der Waals surface area contributed by atoms with Gasteiger partial charge < -0.3 is 5.32 Å². The zero-order valence-corrected chi connectivity index (χ0v) is 14.5. The van der Waals surface area contributed by atoms with Crippen LogP contribution in [0.15, 0.2) is 24.4 Å². The highest BCUT2D eigenvalue weighted by Crippen LogP contribution is 2.29. The van der Waals surface area contributed by atoms with Crippen molar-refractivity contribution in [1.82, 2.24) is 15.1 Å². The lowest BCUT2D eigenvalue weighted by atomic mass is 10.0. The molecule has 114 valence electrons. The second-order valence-corrected chi connectivity index (χ2v) is 6.43. The molecule has 0 spiro atoms. The standard InChI is InChI=1S/C15H18Cl3N3/c1-9(2)21-15(13(18)8-20-21)14(19-3)7-10-4-5-11(16)12(17)6-10/h4-6,8-9,14,19H,7H2,1-3H3. The molecule has 21 heavy (non-hydrogen) atoms. The molecule has 1 unspecified atom stereocenters. The van der Waals surface area contributed by atoms with Gasteiger partial charge >= 0.3 is 0 Å². The molecule has 1 heterocycles. The second-order valence-electron chi connectivity index (χ2n) is 5.21. The van der Waals surface area contributed by atoms with Crippen LogP contribution in [0.3, 0.4) is 0 Å². The maximum absolute atomic E-state index is 6.31. The van der Waals surface area contributed by atoms with Crippen molar-refractivity contribution in [3.05, 3.63) is 50.7 Å². The minimum Gasteiger partial charge on any atom is -0.311 e. The van der Waals surface area contributed by atoms with Gasteiger partial charge in [-0.3, -0.25) is 4.68 Å². The topological polar surface area (TPSA) is 29.9 Å². The van der Waals surface area contributed by atoms with Crippen molar-refractivity contribution in [2.24, 2.45) is 0 Å². The number of nitrogens with zero attached hydrogens (tertiary/aromatic N) is 2. The normalized spacial score (nSPS) is 12.9. The number of nitrogens with one attached hydrogen (secondary N) is 1. The summed E-state index contributed by atoms with van der Waals surface area (Å²) in [6, 6.07) is 5.98. The van der Waals surface area contributed by atoms with Crippen molar-refractivity contribution in [2.75, 3.05) is 7.05 Å². The molecule has 1 aromatic heterocycles. The maximum atomic E-state index is 6.31. The fraction of sp³-hybridized carbons (Fsp3) is 0.400. The van der Waals surface area contributed by atoms with Gasteiger partial charge in [0, 0.05) is 6.04 Å². The van der Waals surface area contributed by atoms with Gasteiger partial charge in [0.1, 0.15) is 0 Å². The first-order valence-electron chi connectivity index (χ1n) is 6.78. The van der Waals surface area contributed by atoms with Crippen LogP contribution in [0, 0.1) is 0 Å². The van der Waals surface area contributed by atoms with E-state index in [0.29, 0.717) is 15.1 Å². The van der Waals surface area contributed by atoms with Gasteiger partial charge in [0.25, 0.3) is 0 Å². The summed E-state index contributed by atoms with van der Waals surface area (Å²) in [5.74, 6) is 0. The molecule has 6 heteroatoms. The fourth-order valence-corrected chi connectivity index (χ4v) is 2.91. The van der Waals surface area contributed by atoms with E-state index in [1.807, 2.05) is 29.9 Å². The van der Waals surface area contributed by atoms with Gasteiger partial charge in [0.15, 0.2) is 0 Å². The van der Waals surface area contributed by atoms with E-state index in [2.05, 4.69) is 24.3 Å². The molecule has 0 radical (unpaired) electrons.